The van der Waals surface area contributed by atoms with Gasteiger partial charge in [-0.2, -0.15) is 0 Å². The fourth-order valence-electron chi connectivity index (χ4n) is 2.55. The molecule has 0 aromatic carbocycles. The van der Waals surface area contributed by atoms with Crippen molar-refractivity contribution in [3.8, 4) is 0 Å². The van der Waals surface area contributed by atoms with Crippen LogP contribution in [-0.4, -0.2) is 24.6 Å². The summed E-state index contributed by atoms with van der Waals surface area (Å²) < 4.78 is 0. The molecule has 3 heteroatoms. The number of pyridine rings is 1. The van der Waals surface area contributed by atoms with E-state index in [1.165, 1.54) is 24.0 Å². The Hall–Kier alpha value is -1.09. The van der Waals surface area contributed by atoms with E-state index in [4.69, 9.17) is 4.98 Å². The lowest BCUT2D eigenvalue weighted by atomic mass is 10.0. The van der Waals surface area contributed by atoms with Crippen molar-refractivity contribution in [1.82, 2.24) is 10.3 Å². The maximum Gasteiger partial charge on any atom is 0.131 e. The standard InChI is InChI=1S/C17H31N3/c1-6-15(7-2)13-20(9-4)17-14(5)10-16(12-19-17)11-18-8-3/h10,12,15,18H,6-9,11,13H2,1-5H3. The van der Waals surface area contributed by atoms with Crippen LogP contribution in [0.25, 0.3) is 0 Å². The number of aryl methyl sites for hydroxylation is 1. The summed E-state index contributed by atoms with van der Waals surface area (Å²) >= 11 is 0. The van der Waals surface area contributed by atoms with Crippen molar-refractivity contribution in [2.75, 3.05) is 24.5 Å². The Morgan fingerprint density at radius 2 is 1.90 bits per heavy atom. The molecule has 114 valence electrons. The molecule has 0 unspecified atom stereocenters. The lowest BCUT2D eigenvalue weighted by Gasteiger charge is -2.28. The molecule has 1 heterocycles. The summed E-state index contributed by atoms with van der Waals surface area (Å²) in [5.41, 5.74) is 2.56. The van der Waals surface area contributed by atoms with Crippen molar-refractivity contribution < 1.29 is 0 Å². The fraction of sp³-hybridized carbons (Fsp3) is 0.706. The molecule has 0 aliphatic heterocycles. The minimum absolute atomic E-state index is 0.762. The van der Waals surface area contributed by atoms with E-state index in [0.717, 1.165) is 37.9 Å². The van der Waals surface area contributed by atoms with Gasteiger partial charge in [-0.15, -0.1) is 0 Å². The van der Waals surface area contributed by atoms with Crippen molar-refractivity contribution in [3.05, 3.63) is 23.4 Å². The van der Waals surface area contributed by atoms with E-state index in [-0.39, 0.29) is 0 Å². The van der Waals surface area contributed by atoms with Crippen LogP contribution in [0.15, 0.2) is 12.3 Å². The topological polar surface area (TPSA) is 28.2 Å². The third kappa shape index (κ3) is 4.78. The molecule has 1 aromatic heterocycles. The monoisotopic (exact) mass is 277 g/mol. The van der Waals surface area contributed by atoms with Crippen LogP contribution in [0.4, 0.5) is 5.82 Å². The predicted molar refractivity (Wildman–Crippen MR) is 88.3 cm³/mol. The van der Waals surface area contributed by atoms with Gasteiger partial charge in [0.25, 0.3) is 0 Å². The maximum atomic E-state index is 4.71. The zero-order chi connectivity index (χ0) is 15.0. The van der Waals surface area contributed by atoms with Gasteiger partial charge in [-0.05, 0) is 43.5 Å². The summed E-state index contributed by atoms with van der Waals surface area (Å²) in [5, 5.41) is 3.35. The average Bonchev–Trinajstić information content (AvgIpc) is 2.47. The summed E-state index contributed by atoms with van der Waals surface area (Å²) in [7, 11) is 0. The van der Waals surface area contributed by atoms with Gasteiger partial charge >= 0.3 is 0 Å². The van der Waals surface area contributed by atoms with Gasteiger partial charge in [-0.3, -0.25) is 0 Å². The zero-order valence-electron chi connectivity index (χ0n) is 13.9. The highest BCUT2D eigenvalue weighted by molar-refractivity contribution is 5.47. The van der Waals surface area contributed by atoms with Crippen molar-refractivity contribution in [2.24, 2.45) is 5.92 Å². The average molecular weight is 277 g/mol. The number of rotatable bonds is 9. The van der Waals surface area contributed by atoms with Crippen molar-refractivity contribution in [3.63, 3.8) is 0 Å². The molecule has 0 aliphatic carbocycles. The van der Waals surface area contributed by atoms with Crippen molar-refractivity contribution >= 4 is 5.82 Å². The highest BCUT2D eigenvalue weighted by Crippen LogP contribution is 2.21. The molecule has 1 rings (SSSR count). The third-order valence-corrected chi connectivity index (χ3v) is 4.00. The molecular weight excluding hydrogens is 246 g/mol. The Balaban J connectivity index is 2.81. The fourth-order valence-corrected chi connectivity index (χ4v) is 2.55. The normalized spacial score (nSPS) is 11.1. The summed E-state index contributed by atoms with van der Waals surface area (Å²) in [6.45, 7) is 15.1. The molecular formula is C17H31N3. The first-order valence-electron chi connectivity index (χ1n) is 8.07. The summed E-state index contributed by atoms with van der Waals surface area (Å²) in [6, 6.07) is 2.26. The number of nitrogens with one attached hydrogen (secondary N) is 1. The molecule has 0 aliphatic rings. The molecule has 0 atom stereocenters. The molecule has 0 amide bonds. The first kappa shape index (κ1) is 17.0. The van der Waals surface area contributed by atoms with Gasteiger partial charge in [0.1, 0.15) is 5.82 Å². The minimum Gasteiger partial charge on any atom is -0.356 e. The van der Waals surface area contributed by atoms with Gasteiger partial charge in [0.2, 0.25) is 0 Å². The van der Waals surface area contributed by atoms with Gasteiger partial charge in [0.05, 0.1) is 0 Å². The Morgan fingerprint density at radius 1 is 1.20 bits per heavy atom. The van der Waals surface area contributed by atoms with Crippen molar-refractivity contribution in [1.29, 1.82) is 0 Å². The number of anilines is 1. The van der Waals surface area contributed by atoms with Crippen LogP contribution in [0.1, 0.15) is 51.7 Å². The highest BCUT2D eigenvalue weighted by atomic mass is 15.2. The smallest absolute Gasteiger partial charge is 0.131 e. The van der Waals surface area contributed by atoms with Crippen LogP contribution in [0.5, 0.6) is 0 Å². The SMILES string of the molecule is CCNCc1cnc(N(CC)CC(CC)CC)c(C)c1. The van der Waals surface area contributed by atoms with E-state index in [9.17, 15) is 0 Å². The first-order valence-corrected chi connectivity index (χ1v) is 8.07. The number of hydrogen-bond acceptors (Lipinski definition) is 3. The summed E-state index contributed by atoms with van der Waals surface area (Å²) in [6.07, 6.45) is 4.50. The quantitative estimate of drug-likeness (QED) is 0.745. The van der Waals surface area contributed by atoms with Crippen LogP contribution in [0, 0.1) is 12.8 Å². The first-order chi connectivity index (χ1) is 9.65. The van der Waals surface area contributed by atoms with Crippen LogP contribution < -0.4 is 10.2 Å². The number of nitrogens with zero attached hydrogens (tertiary/aromatic N) is 2. The van der Waals surface area contributed by atoms with E-state index >= 15 is 0 Å². The zero-order valence-corrected chi connectivity index (χ0v) is 13.9. The Labute approximate surface area is 124 Å². The van der Waals surface area contributed by atoms with Gasteiger partial charge in [-0.25, -0.2) is 4.98 Å². The van der Waals surface area contributed by atoms with Gasteiger partial charge in [-0.1, -0.05) is 33.6 Å². The van der Waals surface area contributed by atoms with Crippen LogP contribution in [0.2, 0.25) is 0 Å². The molecule has 0 saturated carbocycles. The van der Waals surface area contributed by atoms with Gasteiger partial charge in [0.15, 0.2) is 0 Å². The largest absolute Gasteiger partial charge is 0.356 e. The van der Waals surface area contributed by atoms with E-state index in [0.29, 0.717) is 0 Å². The molecule has 1 N–H and O–H groups in total. The molecule has 3 nitrogen and oxygen atoms in total. The summed E-state index contributed by atoms with van der Waals surface area (Å²) in [4.78, 5) is 7.13. The van der Waals surface area contributed by atoms with E-state index in [2.05, 4.69) is 50.9 Å². The van der Waals surface area contributed by atoms with Crippen LogP contribution in [0.3, 0.4) is 0 Å². The minimum atomic E-state index is 0.762. The van der Waals surface area contributed by atoms with Gasteiger partial charge < -0.3 is 10.2 Å². The second kappa shape index (κ2) is 8.96. The molecule has 20 heavy (non-hydrogen) atoms. The number of hydrogen-bond donors (Lipinski definition) is 1. The molecule has 0 saturated heterocycles. The summed E-state index contributed by atoms with van der Waals surface area (Å²) in [5.74, 6) is 1.91. The molecule has 0 fully saturated rings. The predicted octanol–water partition coefficient (Wildman–Crippen LogP) is 3.76. The third-order valence-electron chi connectivity index (χ3n) is 4.00. The van der Waals surface area contributed by atoms with E-state index in [1.54, 1.807) is 0 Å². The molecule has 0 bridgehead atoms. The van der Waals surface area contributed by atoms with Crippen LogP contribution in [-0.2, 0) is 6.54 Å². The van der Waals surface area contributed by atoms with Crippen LogP contribution >= 0.6 is 0 Å². The highest BCUT2D eigenvalue weighted by Gasteiger charge is 2.14. The second-order valence-electron chi connectivity index (χ2n) is 5.49. The lowest BCUT2D eigenvalue weighted by Crippen LogP contribution is -2.30. The molecule has 0 spiro atoms. The Kier molecular flexibility index (Phi) is 7.60. The second-order valence-corrected chi connectivity index (χ2v) is 5.49. The molecule has 0 radical (unpaired) electrons. The molecule has 1 aromatic rings. The van der Waals surface area contributed by atoms with E-state index < -0.39 is 0 Å². The lowest BCUT2D eigenvalue weighted by molar-refractivity contribution is 0.484. The maximum absolute atomic E-state index is 4.71. The van der Waals surface area contributed by atoms with E-state index in [1.807, 2.05) is 6.20 Å². The Morgan fingerprint density at radius 3 is 2.40 bits per heavy atom. The Bertz CT molecular complexity index is 386. The van der Waals surface area contributed by atoms with Gasteiger partial charge in [0, 0.05) is 25.8 Å². The number of aromatic nitrogens is 1. The van der Waals surface area contributed by atoms with Crippen molar-refractivity contribution in [2.45, 2.75) is 54.0 Å².